The summed E-state index contributed by atoms with van der Waals surface area (Å²) >= 11 is 1.91. The van der Waals surface area contributed by atoms with Gasteiger partial charge in [-0.05, 0) is 35.5 Å². The van der Waals surface area contributed by atoms with Gasteiger partial charge in [-0.15, -0.1) is 0 Å². The third-order valence-electron chi connectivity index (χ3n) is 3.06. The predicted octanol–water partition coefficient (Wildman–Crippen LogP) is 1.86. The maximum atomic E-state index is 10.6. The fraction of sp³-hybridized carbons (Fsp3) is 0.500. The number of nitrogens with two attached hydrogens (primary N) is 1. The molecule has 1 aliphatic rings. The summed E-state index contributed by atoms with van der Waals surface area (Å²) in [6.07, 6.45) is 1.68. The average Bonchev–Trinajstić information content (AvgIpc) is 2.30. The third kappa shape index (κ3) is 2.19. The third-order valence-corrected chi connectivity index (χ3v) is 4.04. The first kappa shape index (κ1) is 11.0. The molecule has 2 nitrogen and oxygen atoms in total. The van der Waals surface area contributed by atoms with Crippen LogP contribution in [0, 0.1) is 0 Å². The van der Waals surface area contributed by atoms with Gasteiger partial charge in [-0.2, -0.15) is 11.8 Å². The predicted molar refractivity (Wildman–Crippen MR) is 64.8 cm³/mol. The zero-order chi connectivity index (χ0) is 10.7. The van der Waals surface area contributed by atoms with Crippen LogP contribution in [-0.2, 0) is 12.1 Å². The quantitative estimate of drug-likeness (QED) is 0.804. The van der Waals surface area contributed by atoms with Crippen molar-refractivity contribution in [2.45, 2.75) is 25.0 Å². The summed E-state index contributed by atoms with van der Waals surface area (Å²) in [5, 5.41) is 10.6. The van der Waals surface area contributed by atoms with Gasteiger partial charge in [-0.1, -0.05) is 24.3 Å². The van der Waals surface area contributed by atoms with Gasteiger partial charge in [-0.3, -0.25) is 0 Å². The Morgan fingerprint density at radius 3 is 2.60 bits per heavy atom. The van der Waals surface area contributed by atoms with E-state index < -0.39 is 5.60 Å². The molecule has 1 fully saturated rings. The average molecular weight is 223 g/mol. The largest absolute Gasteiger partial charge is 0.385 e. The highest BCUT2D eigenvalue weighted by atomic mass is 32.2. The van der Waals surface area contributed by atoms with Crippen LogP contribution in [0.5, 0.6) is 0 Å². The number of thioether (sulfide) groups is 1. The molecule has 1 saturated heterocycles. The van der Waals surface area contributed by atoms with Crippen molar-refractivity contribution in [2.24, 2.45) is 5.73 Å². The summed E-state index contributed by atoms with van der Waals surface area (Å²) in [6.45, 7) is 0.506. The summed E-state index contributed by atoms with van der Waals surface area (Å²) < 4.78 is 0. The standard InChI is InChI=1S/C12H17NOS/c13-9-10-3-1-2-4-11(10)12(14)5-7-15-8-6-12/h1-4,14H,5-9,13H2. The Morgan fingerprint density at radius 2 is 1.93 bits per heavy atom. The van der Waals surface area contributed by atoms with Crippen LogP contribution in [0.4, 0.5) is 0 Å². The molecule has 3 heteroatoms. The van der Waals surface area contributed by atoms with E-state index in [4.69, 9.17) is 5.73 Å². The number of aliphatic hydroxyl groups is 1. The molecule has 0 bridgehead atoms. The van der Waals surface area contributed by atoms with Crippen molar-refractivity contribution < 1.29 is 5.11 Å². The zero-order valence-corrected chi connectivity index (χ0v) is 9.59. The van der Waals surface area contributed by atoms with Crippen molar-refractivity contribution in [2.75, 3.05) is 11.5 Å². The van der Waals surface area contributed by atoms with Crippen molar-refractivity contribution in [3.05, 3.63) is 35.4 Å². The Labute approximate surface area is 94.9 Å². The molecule has 0 unspecified atom stereocenters. The monoisotopic (exact) mass is 223 g/mol. The first-order chi connectivity index (χ1) is 7.26. The smallest absolute Gasteiger partial charge is 0.0915 e. The normalized spacial score (nSPS) is 20.1. The molecule has 0 atom stereocenters. The zero-order valence-electron chi connectivity index (χ0n) is 8.78. The van der Waals surface area contributed by atoms with E-state index in [9.17, 15) is 5.11 Å². The van der Waals surface area contributed by atoms with E-state index in [1.54, 1.807) is 0 Å². The van der Waals surface area contributed by atoms with Crippen molar-refractivity contribution in [1.29, 1.82) is 0 Å². The van der Waals surface area contributed by atoms with Crippen LogP contribution in [0.3, 0.4) is 0 Å². The molecular formula is C12H17NOS. The summed E-state index contributed by atoms with van der Waals surface area (Å²) in [5.41, 5.74) is 7.17. The Bertz CT molecular complexity index is 334. The highest BCUT2D eigenvalue weighted by Gasteiger charge is 2.32. The molecule has 3 N–H and O–H groups in total. The SMILES string of the molecule is NCc1ccccc1C1(O)CCSCC1. The molecule has 0 spiro atoms. The number of benzene rings is 1. The van der Waals surface area contributed by atoms with Gasteiger partial charge in [0.1, 0.15) is 0 Å². The van der Waals surface area contributed by atoms with Crippen LogP contribution in [0.25, 0.3) is 0 Å². The molecule has 0 aliphatic carbocycles. The van der Waals surface area contributed by atoms with Gasteiger partial charge in [0.05, 0.1) is 5.60 Å². The molecule has 0 amide bonds. The van der Waals surface area contributed by atoms with Gasteiger partial charge in [0, 0.05) is 6.54 Å². The summed E-state index contributed by atoms with van der Waals surface area (Å²) in [6, 6.07) is 7.98. The Hall–Kier alpha value is -0.510. The van der Waals surface area contributed by atoms with Gasteiger partial charge in [0.2, 0.25) is 0 Å². The fourth-order valence-corrected chi connectivity index (χ4v) is 3.30. The summed E-state index contributed by atoms with van der Waals surface area (Å²) in [5.74, 6) is 2.07. The molecule has 0 aromatic heterocycles. The van der Waals surface area contributed by atoms with E-state index >= 15 is 0 Å². The molecular weight excluding hydrogens is 206 g/mol. The van der Waals surface area contributed by atoms with E-state index in [1.165, 1.54) is 0 Å². The second kappa shape index (κ2) is 4.56. The molecule has 1 aromatic carbocycles. The van der Waals surface area contributed by atoms with Gasteiger partial charge in [-0.25, -0.2) is 0 Å². The van der Waals surface area contributed by atoms with E-state index in [-0.39, 0.29) is 0 Å². The van der Waals surface area contributed by atoms with Crippen LogP contribution in [-0.4, -0.2) is 16.6 Å². The second-order valence-corrected chi connectivity index (χ2v) is 5.23. The maximum Gasteiger partial charge on any atom is 0.0915 e. The fourth-order valence-electron chi connectivity index (χ4n) is 2.13. The van der Waals surface area contributed by atoms with Gasteiger partial charge in [0.25, 0.3) is 0 Å². The first-order valence-electron chi connectivity index (χ1n) is 5.35. The molecule has 1 aromatic rings. The van der Waals surface area contributed by atoms with Crippen LogP contribution in [0.15, 0.2) is 24.3 Å². The summed E-state index contributed by atoms with van der Waals surface area (Å²) in [4.78, 5) is 0. The first-order valence-corrected chi connectivity index (χ1v) is 6.50. The summed E-state index contributed by atoms with van der Waals surface area (Å²) in [7, 11) is 0. The topological polar surface area (TPSA) is 46.2 Å². The Kier molecular flexibility index (Phi) is 3.34. The van der Waals surface area contributed by atoms with Crippen molar-refractivity contribution >= 4 is 11.8 Å². The molecule has 1 heterocycles. The lowest BCUT2D eigenvalue weighted by molar-refractivity contribution is 0.0272. The minimum Gasteiger partial charge on any atom is -0.385 e. The van der Waals surface area contributed by atoms with Crippen LogP contribution in [0.1, 0.15) is 24.0 Å². The number of hydrogen-bond acceptors (Lipinski definition) is 3. The molecule has 0 saturated carbocycles. The molecule has 0 radical (unpaired) electrons. The highest BCUT2D eigenvalue weighted by molar-refractivity contribution is 7.99. The maximum absolute atomic E-state index is 10.6. The van der Waals surface area contributed by atoms with E-state index in [0.29, 0.717) is 6.54 Å². The van der Waals surface area contributed by atoms with Crippen LogP contribution in [0.2, 0.25) is 0 Å². The van der Waals surface area contributed by atoms with E-state index in [0.717, 1.165) is 35.5 Å². The lowest BCUT2D eigenvalue weighted by Gasteiger charge is -2.33. The highest BCUT2D eigenvalue weighted by Crippen LogP contribution is 2.37. The lowest BCUT2D eigenvalue weighted by Crippen LogP contribution is -2.32. The van der Waals surface area contributed by atoms with Crippen molar-refractivity contribution in [1.82, 2.24) is 0 Å². The molecule has 1 aliphatic heterocycles. The second-order valence-electron chi connectivity index (χ2n) is 4.01. The molecule has 82 valence electrons. The van der Waals surface area contributed by atoms with Crippen molar-refractivity contribution in [3.8, 4) is 0 Å². The van der Waals surface area contributed by atoms with E-state index in [2.05, 4.69) is 0 Å². The van der Waals surface area contributed by atoms with E-state index in [1.807, 2.05) is 36.0 Å². The van der Waals surface area contributed by atoms with Crippen LogP contribution < -0.4 is 5.73 Å². The number of hydrogen-bond donors (Lipinski definition) is 2. The Balaban J connectivity index is 2.34. The minimum atomic E-state index is -0.638. The molecule has 2 rings (SSSR count). The van der Waals surface area contributed by atoms with Crippen LogP contribution >= 0.6 is 11.8 Å². The minimum absolute atomic E-state index is 0.506. The number of rotatable bonds is 2. The van der Waals surface area contributed by atoms with Gasteiger partial charge in [0.15, 0.2) is 0 Å². The van der Waals surface area contributed by atoms with Crippen molar-refractivity contribution in [3.63, 3.8) is 0 Å². The Morgan fingerprint density at radius 1 is 1.27 bits per heavy atom. The lowest BCUT2D eigenvalue weighted by atomic mass is 9.85. The van der Waals surface area contributed by atoms with Gasteiger partial charge >= 0.3 is 0 Å². The molecule has 15 heavy (non-hydrogen) atoms. The van der Waals surface area contributed by atoms with Gasteiger partial charge < -0.3 is 10.8 Å².